The van der Waals surface area contributed by atoms with Gasteiger partial charge in [-0.1, -0.05) is 37.1 Å². The molecule has 0 fully saturated rings. The lowest BCUT2D eigenvalue weighted by atomic mass is 10.0. The number of benzene rings is 1. The molecule has 1 rings (SSSR count). The highest BCUT2D eigenvalue weighted by atomic mass is 35.5. The van der Waals surface area contributed by atoms with Gasteiger partial charge in [0.05, 0.1) is 10.6 Å². The summed E-state index contributed by atoms with van der Waals surface area (Å²) in [6, 6.07) is 4.28. The normalized spacial score (nSPS) is 11.8. The fraction of sp³-hybridized carbons (Fsp3) is 0.400. The zero-order valence-electron chi connectivity index (χ0n) is 7.66. The molecule has 0 aliphatic heterocycles. The molecule has 0 saturated carbocycles. The van der Waals surface area contributed by atoms with Crippen LogP contribution in [0, 0.1) is 0 Å². The molecule has 0 unspecified atom stereocenters. The van der Waals surface area contributed by atoms with E-state index in [1.54, 1.807) is 6.07 Å². The van der Waals surface area contributed by atoms with Crippen molar-refractivity contribution in [3.05, 3.63) is 34.3 Å². The summed E-state index contributed by atoms with van der Waals surface area (Å²) in [7, 11) is 0. The number of aryl methyl sites for hydroxylation is 1. The van der Waals surface area contributed by atoms with E-state index in [9.17, 15) is 13.2 Å². The van der Waals surface area contributed by atoms with Crippen molar-refractivity contribution in [2.24, 2.45) is 0 Å². The molecule has 0 nitrogen and oxygen atoms in total. The Morgan fingerprint density at radius 3 is 2.43 bits per heavy atom. The van der Waals surface area contributed by atoms with Gasteiger partial charge in [0.15, 0.2) is 0 Å². The summed E-state index contributed by atoms with van der Waals surface area (Å²) in [5, 5.41) is -0.219. The molecule has 0 atom stereocenters. The van der Waals surface area contributed by atoms with E-state index in [0.29, 0.717) is 12.8 Å². The number of halogens is 4. The zero-order valence-corrected chi connectivity index (χ0v) is 8.41. The standard InChI is InChI=1S/C10H10ClF3/c1-2-4-7-5-3-6-8(11)9(7)10(12,13)14/h3,5-6H,2,4H2,1H3. The molecule has 0 N–H and O–H groups in total. The maximum absolute atomic E-state index is 12.5. The monoisotopic (exact) mass is 222 g/mol. The Morgan fingerprint density at radius 1 is 1.29 bits per heavy atom. The first-order valence-electron chi connectivity index (χ1n) is 4.31. The smallest absolute Gasteiger partial charge is 0.166 e. The Balaban J connectivity index is 3.22. The van der Waals surface area contributed by atoms with Crippen molar-refractivity contribution in [2.45, 2.75) is 25.9 Å². The molecule has 0 radical (unpaired) electrons. The van der Waals surface area contributed by atoms with Crippen LogP contribution in [0.3, 0.4) is 0 Å². The molecule has 1 aromatic rings. The van der Waals surface area contributed by atoms with Gasteiger partial charge in [0.2, 0.25) is 0 Å². The van der Waals surface area contributed by atoms with Gasteiger partial charge in [-0.25, -0.2) is 0 Å². The largest absolute Gasteiger partial charge is 0.418 e. The summed E-state index contributed by atoms with van der Waals surface area (Å²) in [5.41, 5.74) is -0.420. The molecule has 14 heavy (non-hydrogen) atoms. The van der Waals surface area contributed by atoms with Gasteiger partial charge in [0, 0.05) is 0 Å². The SMILES string of the molecule is CCCc1cccc(Cl)c1C(F)(F)F. The van der Waals surface area contributed by atoms with Crippen LogP contribution in [0.2, 0.25) is 5.02 Å². The van der Waals surface area contributed by atoms with Gasteiger partial charge in [-0.3, -0.25) is 0 Å². The molecule has 0 spiro atoms. The minimum Gasteiger partial charge on any atom is -0.166 e. The topological polar surface area (TPSA) is 0 Å². The number of rotatable bonds is 2. The van der Waals surface area contributed by atoms with Gasteiger partial charge in [-0.15, -0.1) is 0 Å². The van der Waals surface area contributed by atoms with Crippen molar-refractivity contribution in [1.82, 2.24) is 0 Å². The van der Waals surface area contributed by atoms with Gasteiger partial charge >= 0.3 is 6.18 Å². The van der Waals surface area contributed by atoms with E-state index >= 15 is 0 Å². The molecule has 0 saturated heterocycles. The van der Waals surface area contributed by atoms with E-state index in [1.165, 1.54) is 12.1 Å². The second-order valence-electron chi connectivity index (χ2n) is 3.02. The summed E-state index contributed by atoms with van der Waals surface area (Å²) < 4.78 is 37.6. The lowest BCUT2D eigenvalue weighted by Gasteiger charge is -2.13. The molecular formula is C10H10ClF3. The van der Waals surface area contributed by atoms with E-state index in [2.05, 4.69) is 0 Å². The van der Waals surface area contributed by atoms with Crippen LogP contribution in [0.4, 0.5) is 13.2 Å². The fourth-order valence-electron chi connectivity index (χ4n) is 1.36. The average Bonchev–Trinajstić information content (AvgIpc) is 2.02. The summed E-state index contributed by atoms with van der Waals surface area (Å²) >= 11 is 5.53. The predicted octanol–water partition coefficient (Wildman–Crippen LogP) is 4.31. The van der Waals surface area contributed by atoms with Crippen LogP contribution in [0.5, 0.6) is 0 Å². The van der Waals surface area contributed by atoms with Gasteiger partial charge in [-0.2, -0.15) is 13.2 Å². The van der Waals surface area contributed by atoms with Crippen molar-refractivity contribution in [3.63, 3.8) is 0 Å². The minimum absolute atomic E-state index is 0.219. The molecule has 1 aromatic carbocycles. The van der Waals surface area contributed by atoms with E-state index in [0.717, 1.165) is 0 Å². The Kier molecular flexibility index (Phi) is 3.43. The van der Waals surface area contributed by atoms with Crippen molar-refractivity contribution < 1.29 is 13.2 Å². The van der Waals surface area contributed by atoms with Crippen LogP contribution in [0.25, 0.3) is 0 Å². The molecule has 0 heterocycles. The van der Waals surface area contributed by atoms with Crippen LogP contribution in [-0.2, 0) is 12.6 Å². The lowest BCUT2D eigenvalue weighted by Crippen LogP contribution is -2.10. The average molecular weight is 223 g/mol. The van der Waals surface area contributed by atoms with Crippen molar-refractivity contribution >= 4 is 11.6 Å². The molecule has 0 aromatic heterocycles. The molecule has 78 valence electrons. The van der Waals surface area contributed by atoms with Crippen LogP contribution in [0.1, 0.15) is 24.5 Å². The van der Waals surface area contributed by atoms with Crippen LogP contribution in [-0.4, -0.2) is 0 Å². The third-order valence-corrected chi connectivity index (χ3v) is 2.22. The van der Waals surface area contributed by atoms with E-state index < -0.39 is 11.7 Å². The Labute approximate surface area is 85.7 Å². The fourth-order valence-corrected chi connectivity index (χ4v) is 1.67. The van der Waals surface area contributed by atoms with E-state index in [-0.39, 0.29) is 10.6 Å². The van der Waals surface area contributed by atoms with Crippen LogP contribution in [0.15, 0.2) is 18.2 Å². The lowest BCUT2D eigenvalue weighted by molar-refractivity contribution is -0.138. The number of alkyl halides is 3. The molecular weight excluding hydrogens is 213 g/mol. The summed E-state index contributed by atoms with van der Waals surface area (Å²) in [5.74, 6) is 0. The first kappa shape index (κ1) is 11.4. The summed E-state index contributed by atoms with van der Waals surface area (Å²) in [6.45, 7) is 1.83. The second kappa shape index (κ2) is 4.22. The van der Waals surface area contributed by atoms with Crippen molar-refractivity contribution in [2.75, 3.05) is 0 Å². The molecule has 0 bridgehead atoms. The van der Waals surface area contributed by atoms with Crippen LogP contribution < -0.4 is 0 Å². The first-order valence-corrected chi connectivity index (χ1v) is 4.69. The maximum Gasteiger partial charge on any atom is 0.418 e. The molecule has 0 aliphatic rings. The first-order chi connectivity index (χ1) is 6.46. The Bertz CT molecular complexity index is 318. The highest BCUT2D eigenvalue weighted by Crippen LogP contribution is 2.37. The number of hydrogen-bond donors (Lipinski definition) is 0. The predicted molar refractivity (Wildman–Crippen MR) is 50.4 cm³/mol. The van der Waals surface area contributed by atoms with E-state index in [4.69, 9.17) is 11.6 Å². The summed E-state index contributed by atoms with van der Waals surface area (Å²) in [4.78, 5) is 0. The highest BCUT2D eigenvalue weighted by Gasteiger charge is 2.35. The zero-order chi connectivity index (χ0) is 10.8. The Morgan fingerprint density at radius 2 is 1.93 bits per heavy atom. The molecule has 0 aliphatic carbocycles. The van der Waals surface area contributed by atoms with Gasteiger partial charge in [0.1, 0.15) is 0 Å². The van der Waals surface area contributed by atoms with Gasteiger partial charge in [0.25, 0.3) is 0 Å². The summed E-state index contributed by atoms with van der Waals surface area (Å²) in [6.07, 6.45) is -3.29. The van der Waals surface area contributed by atoms with Crippen molar-refractivity contribution in [3.8, 4) is 0 Å². The van der Waals surface area contributed by atoms with Gasteiger partial charge < -0.3 is 0 Å². The van der Waals surface area contributed by atoms with Crippen molar-refractivity contribution in [1.29, 1.82) is 0 Å². The highest BCUT2D eigenvalue weighted by molar-refractivity contribution is 6.31. The van der Waals surface area contributed by atoms with Crippen LogP contribution >= 0.6 is 11.6 Å². The Hall–Kier alpha value is -0.700. The van der Waals surface area contributed by atoms with E-state index in [1.807, 2.05) is 6.92 Å². The maximum atomic E-state index is 12.5. The molecule has 0 amide bonds. The second-order valence-corrected chi connectivity index (χ2v) is 3.43. The third-order valence-electron chi connectivity index (χ3n) is 1.90. The third kappa shape index (κ3) is 2.41. The van der Waals surface area contributed by atoms with Gasteiger partial charge in [-0.05, 0) is 18.1 Å². The molecule has 4 heteroatoms. The number of hydrogen-bond acceptors (Lipinski definition) is 0. The quantitative estimate of drug-likeness (QED) is 0.700. The minimum atomic E-state index is -4.36.